The summed E-state index contributed by atoms with van der Waals surface area (Å²) in [6, 6.07) is 90.2. The first kappa shape index (κ1) is 53.4. The normalized spacial score (nSPS) is 14.5. The average Bonchev–Trinajstić information content (AvgIpc) is 0.938. The van der Waals surface area contributed by atoms with E-state index in [9.17, 15) is 0 Å². The molecule has 0 spiro atoms. The van der Waals surface area contributed by atoms with Crippen molar-refractivity contribution in [3.8, 4) is 72.4 Å². The first-order valence-electron chi connectivity index (χ1n) is 32.9. The highest BCUT2D eigenvalue weighted by Crippen LogP contribution is 2.56. The molecule has 3 nitrogen and oxygen atoms in total. The van der Waals surface area contributed by atoms with Crippen LogP contribution in [0.5, 0.6) is 0 Å². The number of hydrogen-bond donors (Lipinski definition) is 0. The van der Waals surface area contributed by atoms with Crippen molar-refractivity contribution in [2.75, 3.05) is 9.80 Å². The monoisotopic (exact) mass is 1180 g/mol. The van der Waals surface area contributed by atoms with E-state index in [1.54, 1.807) is 0 Å². The molecule has 0 saturated carbocycles. The molecule has 5 aliphatic rings. The summed E-state index contributed by atoms with van der Waals surface area (Å²) >= 11 is 0. The van der Waals surface area contributed by atoms with Crippen LogP contribution >= 0.6 is 0 Å². The van der Waals surface area contributed by atoms with Crippen LogP contribution in [-0.2, 0) is 10.8 Å². The molecular formula is C88H68BN3. The minimum atomic E-state index is -0.244. The lowest BCUT2D eigenvalue weighted by atomic mass is 9.33. The predicted molar refractivity (Wildman–Crippen MR) is 391 cm³/mol. The lowest BCUT2D eigenvalue weighted by Crippen LogP contribution is -2.61. The van der Waals surface area contributed by atoms with Crippen molar-refractivity contribution >= 4 is 89.8 Å². The summed E-state index contributed by atoms with van der Waals surface area (Å²) in [7, 11) is 0. The van der Waals surface area contributed by atoms with Gasteiger partial charge in [-0.1, -0.05) is 209 Å². The molecule has 0 fully saturated rings. The maximum absolute atomic E-state index is 2.67. The van der Waals surface area contributed by atoms with Crippen molar-refractivity contribution in [2.45, 2.75) is 80.1 Å². The average molecular weight is 1180 g/mol. The van der Waals surface area contributed by atoms with E-state index in [-0.39, 0.29) is 17.5 Å². The van der Waals surface area contributed by atoms with Gasteiger partial charge in [0.2, 0.25) is 0 Å². The van der Waals surface area contributed by atoms with Gasteiger partial charge in [0.15, 0.2) is 0 Å². The molecule has 0 saturated heterocycles. The summed E-state index contributed by atoms with van der Waals surface area (Å²) in [4.78, 5) is 5.33. The molecule has 3 heterocycles. The van der Waals surface area contributed by atoms with E-state index in [1.807, 2.05) is 0 Å². The topological polar surface area (TPSA) is 11.4 Å². The number of rotatable bonds is 5. The van der Waals surface area contributed by atoms with Gasteiger partial charge in [0.25, 0.3) is 6.71 Å². The van der Waals surface area contributed by atoms with E-state index < -0.39 is 0 Å². The maximum atomic E-state index is 2.67. The SMILES string of the molecule is Cc1cc(C)c(-c2ccc(N3c4cc5c(cc4B4c6cc(-c7c(C)cc(C)cc7C)ccc6N(c6ccc7c(c6)C(C)(C)c6ccccc6-7)c6cc(-n7c8cccc9c8c8c%10c(cccc%10ccc87)-c7ccccc7-9)cc3c64)-c3ccccc3C5(C)C)cc2)c(C)c1. The standard InChI is InChI=1S/C88H68BN3/c1-49-39-51(3)81(52(4)40-49)56-29-33-58(34-30-56)90-78-48-72-68(64-23-14-16-27-70(64)88(72,9)10)47-74(78)89-73-43-57(82-53(5)41-50(2)42-54(82)6)32-37-75(73)91(59-35-36-65-63-22-13-15-26-69(63)87(7,8)71(65)44-59)80-46-60(45-79(90)86(80)89)92-76-28-18-25-67-62-21-12-11-20-61(62)66-24-17-19-55-31-38-77(92)85(83(55)66)84(67)76/h11-48H,1-10H3. The molecular weight excluding hydrogens is 1110 g/mol. The quantitative estimate of drug-likeness (QED) is 0.159. The van der Waals surface area contributed by atoms with Gasteiger partial charge in [-0.15, -0.1) is 0 Å². The molecule has 13 aromatic carbocycles. The molecule has 92 heavy (non-hydrogen) atoms. The Morgan fingerprint density at radius 3 is 1.46 bits per heavy atom. The number of fused-ring (bicyclic) bond motifs is 13. The fourth-order valence-corrected chi connectivity index (χ4v) is 18.5. The van der Waals surface area contributed by atoms with Crippen molar-refractivity contribution < 1.29 is 0 Å². The highest BCUT2D eigenvalue weighted by molar-refractivity contribution is 7.00. The van der Waals surface area contributed by atoms with Crippen molar-refractivity contribution in [3.05, 3.63) is 286 Å². The highest BCUT2D eigenvalue weighted by Gasteiger charge is 2.47. The molecule has 19 rings (SSSR count). The predicted octanol–water partition coefficient (Wildman–Crippen LogP) is 21.5. The van der Waals surface area contributed by atoms with E-state index in [0.29, 0.717) is 0 Å². The van der Waals surface area contributed by atoms with E-state index in [2.05, 4.69) is 314 Å². The van der Waals surface area contributed by atoms with Gasteiger partial charge < -0.3 is 14.4 Å². The minimum absolute atomic E-state index is 0.149. The van der Waals surface area contributed by atoms with Gasteiger partial charge in [0.1, 0.15) is 0 Å². The second kappa shape index (κ2) is 18.6. The number of aryl methyl sites for hydroxylation is 6. The molecule has 0 atom stereocenters. The molecule has 0 unspecified atom stereocenters. The minimum Gasteiger partial charge on any atom is -0.311 e. The number of nitrogens with zero attached hydrogens (tertiary/aromatic N) is 3. The van der Waals surface area contributed by atoms with Crippen molar-refractivity contribution in [2.24, 2.45) is 0 Å². The van der Waals surface area contributed by atoms with Crippen molar-refractivity contribution in [3.63, 3.8) is 0 Å². The fourth-order valence-electron chi connectivity index (χ4n) is 18.5. The van der Waals surface area contributed by atoms with Crippen LogP contribution in [0.1, 0.15) is 83.3 Å². The van der Waals surface area contributed by atoms with E-state index in [1.165, 1.54) is 194 Å². The molecule has 2 aliphatic heterocycles. The number of aromatic nitrogens is 1. The molecule has 0 radical (unpaired) electrons. The van der Waals surface area contributed by atoms with Crippen LogP contribution in [0.15, 0.2) is 231 Å². The smallest absolute Gasteiger partial charge is 0.252 e. The first-order valence-corrected chi connectivity index (χ1v) is 32.9. The summed E-state index contributed by atoms with van der Waals surface area (Å²) in [5.74, 6) is 0. The Bertz CT molecular complexity index is 5630. The summed E-state index contributed by atoms with van der Waals surface area (Å²) in [5.41, 5.74) is 42.7. The highest BCUT2D eigenvalue weighted by atomic mass is 15.2. The van der Waals surface area contributed by atoms with Gasteiger partial charge in [0.05, 0.1) is 16.7 Å². The van der Waals surface area contributed by atoms with Crippen molar-refractivity contribution in [1.29, 1.82) is 0 Å². The molecule has 1 aromatic heterocycles. The third-order valence-corrected chi connectivity index (χ3v) is 22.2. The Kier molecular flexibility index (Phi) is 10.8. The van der Waals surface area contributed by atoms with Gasteiger partial charge >= 0.3 is 0 Å². The largest absolute Gasteiger partial charge is 0.311 e. The molecule has 14 aromatic rings. The van der Waals surface area contributed by atoms with Gasteiger partial charge in [-0.3, -0.25) is 0 Å². The molecule has 0 amide bonds. The second-order valence-corrected chi connectivity index (χ2v) is 28.3. The van der Waals surface area contributed by atoms with Crippen LogP contribution in [0, 0.1) is 41.5 Å². The fraction of sp³-hybridized carbons (Fsp3) is 0.136. The van der Waals surface area contributed by atoms with Crippen LogP contribution in [0.4, 0.5) is 34.1 Å². The summed E-state index contributed by atoms with van der Waals surface area (Å²) < 4.78 is 2.62. The summed E-state index contributed by atoms with van der Waals surface area (Å²) in [6.45, 7) is 23.1. The Morgan fingerprint density at radius 1 is 0.304 bits per heavy atom. The lowest BCUT2D eigenvalue weighted by molar-refractivity contribution is 0.660. The van der Waals surface area contributed by atoms with Crippen LogP contribution in [0.25, 0.3) is 105 Å². The Hall–Kier alpha value is -10.4. The van der Waals surface area contributed by atoms with Gasteiger partial charge in [-0.25, -0.2) is 0 Å². The third kappa shape index (κ3) is 7.07. The summed E-state index contributed by atoms with van der Waals surface area (Å²) in [5, 5.41) is 5.16. The van der Waals surface area contributed by atoms with E-state index in [4.69, 9.17) is 0 Å². The Morgan fingerprint density at radius 2 is 0.804 bits per heavy atom. The third-order valence-electron chi connectivity index (χ3n) is 22.2. The zero-order valence-electron chi connectivity index (χ0n) is 53.9. The number of hydrogen-bond acceptors (Lipinski definition) is 2. The molecule has 438 valence electrons. The Balaban J connectivity index is 0.964. The van der Waals surface area contributed by atoms with Gasteiger partial charge in [-0.05, 0) is 241 Å². The van der Waals surface area contributed by atoms with Gasteiger partial charge in [0, 0.05) is 55.7 Å². The van der Waals surface area contributed by atoms with Gasteiger partial charge in [-0.2, -0.15) is 0 Å². The molecule has 0 bridgehead atoms. The Labute approximate surface area is 539 Å². The van der Waals surface area contributed by atoms with Crippen molar-refractivity contribution in [1.82, 2.24) is 4.57 Å². The van der Waals surface area contributed by atoms with Crippen LogP contribution < -0.4 is 26.2 Å². The van der Waals surface area contributed by atoms with Crippen LogP contribution in [0.2, 0.25) is 0 Å². The van der Waals surface area contributed by atoms with Crippen LogP contribution in [0.3, 0.4) is 0 Å². The molecule has 3 aliphatic carbocycles. The first-order chi connectivity index (χ1) is 44.6. The molecule has 4 heteroatoms. The second-order valence-electron chi connectivity index (χ2n) is 28.3. The lowest BCUT2D eigenvalue weighted by Gasteiger charge is -2.45. The number of benzene rings is 13. The van der Waals surface area contributed by atoms with E-state index >= 15 is 0 Å². The number of anilines is 6. The summed E-state index contributed by atoms with van der Waals surface area (Å²) in [6.07, 6.45) is 0. The zero-order chi connectivity index (χ0) is 62.1. The van der Waals surface area contributed by atoms with E-state index in [0.717, 1.165) is 17.1 Å². The zero-order valence-corrected chi connectivity index (χ0v) is 53.9. The van der Waals surface area contributed by atoms with Crippen LogP contribution in [-0.4, -0.2) is 11.3 Å². The molecule has 0 N–H and O–H groups in total. The maximum Gasteiger partial charge on any atom is 0.252 e.